The van der Waals surface area contributed by atoms with E-state index in [9.17, 15) is 14.0 Å². The van der Waals surface area contributed by atoms with Gasteiger partial charge >= 0.3 is 6.03 Å². The first-order chi connectivity index (χ1) is 13.1. The summed E-state index contributed by atoms with van der Waals surface area (Å²) in [6.45, 7) is 2.82. The number of hydrogen-bond donors (Lipinski definition) is 2. The number of rotatable bonds is 5. The zero-order chi connectivity index (χ0) is 19.1. The third-order valence-corrected chi connectivity index (χ3v) is 4.49. The molecular formula is C20H23FN4O2. The number of anilines is 1. The van der Waals surface area contributed by atoms with Gasteiger partial charge in [0.15, 0.2) is 0 Å². The van der Waals surface area contributed by atoms with Crippen molar-refractivity contribution in [2.24, 2.45) is 0 Å². The Hall–Kier alpha value is -3.09. The summed E-state index contributed by atoms with van der Waals surface area (Å²) in [5.74, 6) is -0.487. The molecule has 0 spiro atoms. The first-order valence-corrected chi connectivity index (χ1v) is 8.96. The van der Waals surface area contributed by atoms with Crippen molar-refractivity contribution in [1.29, 1.82) is 0 Å². The summed E-state index contributed by atoms with van der Waals surface area (Å²) in [4.78, 5) is 27.9. The number of amides is 3. The topological polar surface area (TPSA) is 64.7 Å². The Morgan fingerprint density at radius 3 is 2.22 bits per heavy atom. The third kappa shape index (κ3) is 5.44. The minimum absolute atomic E-state index is 0.0517. The summed E-state index contributed by atoms with van der Waals surface area (Å²) < 4.78 is 13.0. The molecule has 1 heterocycles. The molecule has 0 bridgehead atoms. The Morgan fingerprint density at radius 2 is 1.56 bits per heavy atom. The average Bonchev–Trinajstić information content (AvgIpc) is 2.72. The van der Waals surface area contributed by atoms with E-state index in [2.05, 4.69) is 15.5 Å². The van der Waals surface area contributed by atoms with Crippen LogP contribution in [0.15, 0.2) is 54.6 Å². The number of urea groups is 1. The fourth-order valence-electron chi connectivity index (χ4n) is 2.95. The van der Waals surface area contributed by atoms with E-state index in [0.29, 0.717) is 32.7 Å². The van der Waals surface area contributed by atoms with Gasteiger partial charge in [-0.3, -0.25) is 4.79 Å². The molecule has 3 amide bonds. The number of nitrogens with zero attached hydrogens (tertiary/aromatic N) is 2. The highest BCUT2D eigenvalue weighted by Gasteiger charge is 2.21. The van der Waals surface area contributed by atoms with Gasteiger partial charge < -0.3 is 20.4 Å². The van der Waals surface area contributed by atoms with Crippen molar-refractivity contribution < 1.29 is 14.0 Å². The Balaban J connectivity index is 1.38. The molecular weight excluding hydrogens is 347 g/mol. The fraction of sp³-hybridized carbons (Fsp3) is 0.300. The summed E-state index contributed by atoms with van der Waals surface area (Å²) in [6, 6.07) is 15.7. The lowest BCUT2D eigenvalue weighted by molar-refractivity contribution is -0.120. The Labute approximate surface area is 158 Å². The Kier molecular flexibility index (Phi) is 6.25. The lowest BCUT2D eigenvalue weighted by Gasteiger charge is -2.36. The SMILES string of the molecule is O=C(CNC(=O)N1CCN(c2ccc(F)cc2)CC1)NCc1ccccc1. The summed E-state index contributed by atoms with van der Waals surface area (Å²) in [6.07, 6.45) is 0. The van der Waals surface area contributed by atoms with E-state index < -0.39 is 0 Å². The van der Waals surface area contributed by atoms with E-state index in [1.54, 1.807) is 17.0 Å². The lowest BCUT2D eigenvalue weighted by Crippen LogP contribution is -2.53. The molecule has 1 aliphatic heterocycles. The van der Waals surface area contributed by atoms with Crippen LogP contribution in [0.3, 0.4) is 0 Å². The molecule has 2 aromatic rings. The molecule has 2 aromatic carbocycles. The molecule has 0 saturated carbocycles. The minimum Gasteiger partial charge on any atom is -0.368 e. The van der Waals surface area contributed by atoms with Gasteiger partial charge in [0.05, 0.1) is 6.54 Å². The van der Waals surface area contributed by atoms with Crippen LogP contribution in [0.2, 0.25) is 0 Å². The van der Waals surface area contributed by atoms with E-state index in [-0.39, 0.29) is 24.3 Å². The van der Waals surface area contributed by atoms with Crippen LogP contribution >= 0.6 is 0 Å². The van der Waals surface area contributed by atoms with Crippen LogP contribution in [-0.4, -0.2) is 49.6 Å². The molecule has 0 unspecified atom stereocenters. The normalized spacial score (nSPS) is 14.0. The van der Waals surface area contributed by atoms with Crippen molar-refractivity contribution in [3.8, 4) is 0 Å². The zero-order valence-corrected chi connectivity index (χ0v) is 15.0. The number of carbonyl (C=O) groups is 2. The van der Waals surface area contributed by atoms with Crippen molar-refractivity contribution in [2.45, 2.75) is 6.54 Å². The van der Waals surface area contributed by atoms with Gasteiger partial charge in [-0.1, -0.05) is 30.3 Å². The number of carbonyl (C=O) groups excluding carboxylic acids is 2. The molecule has 0 aromatic heterocycles. The molecule has 1 fully saturated rings. The van der Waals surface area contributed by atoms with E-state index in [4.69, 9.17) is 0 Å². The van der Waals surface area contributed by atoms with Gasteiger partial charge in [0.25, 0.3) is 0 Å². The van der Waals surface area contributed by atoms with Crippen LogP contribution in [0.5, 0.6) is 0 Å². The smallest absolute Gasteiger partial charge is 0.317 e. The maximum Gasteiger partial charge on any atom is 0.317 e. The summed E-state index contributed by atoms with van der Waals surface area (Å²) >= 11 is 0. The quantitative estimate of drug-likeness (QED) is 0.846. The van der Waals surface area contributed by atoms with Crippen LogP contribution in [0.4, 0.5) is 14.9 Å². The van der Waals surface area contributed by atoms with Gasteiger partial charge in [-0.05, 0) is 29.8 Å². The molecule has 2 N–H and O–H groups in total. The van der Waals surface area contributed by atoms with Gasteiger partial charge in [-0.2, -0.15) is 0 Å². The first-order valence-electron chi connectivity index (χ1n) is 8.96. The van der Waals surface area contributed by atoms with Crippen molar-refractivity contribution in [3.63, 3.8) is 0 Å². The van der Waals surface area contributed by atoms with Crippen LogP contribution in [0.25, 0.3) is 0 Å². The average molecular weight is 370 g/mol. The highest BCUT2D eigenvalue weighted by Crippen LogP contribution is 2.16. The largest absolute Gasteiger partial charge is 0.368 e. The molecule has 1 saturated heterocycles. The van der Waals surface area contributed by atoms with Crippen LogP contribution < -0.4 is 15.5 Å². The van der Waals surface area contributed by atoms with Crippen LogP contribution in [0.1, 0.15) is 5.56 Å². The monoisotopic (exact) mass is 370 g/mol. The summed E-state index contributed by atoms with van der Waals surface area (Å²) in [7, 11) is 0. The Morgan fingerprint density at radius 1 is 0.889 bits per heavy atom. The van der Waals surface area contributed by atoms with Crippen molar-refractivity contribution >= 4 is 17.6 Å². The highest BCUT2D eigenvalue weighted by molar-refractivity contribution is 5.84. The number of nitrogens with one attached hydrogen (secondary N) is 2. The van der Waals surface area contributed by atoms with Gasteiger partial charge in [0, 0.05) is 38.4 Å². The second-order valence-electron chi connectivity index (χ2n) is 6.37. The highest BCUT2D eigenvalue weighted by atomic mass is 19.1. The molecule has 7 heteroatoms. The van der Waals surface area contributed by atoms with Crippen molar-refractivity contribution in [1.82, 2.24) is 15.5 Å². The predicted molar refractivity (Wildman–Crippen MR) is 102 cm³/mol. The maximum absolute atomic E-state index is 13.0. The third-order valence-electron chi connectivity index (χ3n) is 4.49. The van der Waals surface area contributed by atoms with Crippen molar-refractivity contribution in [3.05, 3.63) is 66.0 Å². The number of benzene rings is 2. The fourth-order valence-corrected chi connectivity index (χ4v) is 2.95. The van der Waals surface area contributed by atoms with Crippen LogP contribution in [-0.2, 0) is 11.3 Å². The molecule has 0 atom stereocenters. The predicted octanol–water partition coefficient (Wildman–Crippen LogP) is 1.97. The molecule has 142 valence electrons. The molecule has 6 nitrogen and oxygen atoms in total. The number of piperazine rings is 1. The second kappa shape index (κ2) is 9.02. The molecule has 0 aliphatic carbocycles. The zero-order valence-electron chi connectivity index (χ0n) is 15.0. The van der Waals surface area contributed by atoms with Gasteiger partial charge in [-0.25, -0.2) is 9.18 Å². The van der Waals surface area contributed by atoms with Crippen LogP contribution in [0, 0.1) is 5.82 Å². The summed E-state index contributed by atoms with van der Waals surface area (Å²) in [5, 5.41) is 5.44. The first kappa shape index (κ1) is 18.7. The maximum atomic E-state index is 13.0. The van der Waals surface area contributed by atoms with Gasteiger partial charge in [0.2, 0.25) is 5.91 Å². The molecule has 0 radical (unpaired) electrons. The minimum atomic E-state index is -0.262. The van der Waals surface area contributed by atoms with E-state index >= 15 is 0 Å². The summed E-state index contributed by atoms with van der Waals surface area (Å²) in [5.41, 5.74) is 1.95. The molecule has 27 heavy (non-hydrogen) atoms. The van der Waals surface area contributed by atoms with Gasteiger partial charge in [0.1, 0.15) is 5.82 Å². The molecule has 3 rings (SSSR count). The standard InChI is InChI=1S/C20H23FN4O2/c21-17-6-8-18(9-7-17)24-10-12-25(13-11-24)20(27)23-15-19(26)22-14-16-4-2-1-3-5-16/h1-9H,10-15H2,(H,22,26)(H,23,27). The number of hydrogen-bond acceptors (Lipinski definition) is 3. The van der Waals surface area contributed by atoms with E-state index in [0.717, 1.165) is 11.3 Å². The molecule has 1 aliphatic rings. The van der Waals surface area contributed by atoms with E-state index in [1.807, 2.05) is 30.3 Å². The Bertz CT molecular complexity index is 759. The van der Waals surface area contributed by atoms with E-state index in [1.165, 1.54) is 12.1 Å². The van der Waals surface area contributed by atoms with Gasteiger partial charge in [-0.15, -0.1) is 0 Å². The lowest BCUT2D eigenvalue weighted by atomic mass is 10.2. The van der Waals surface area contributed by atoms with Crippen molar-refractivity contribution in [2.75, 3.05) is 37.6 Å². The number of halogens is 1. The second-order valence-corrected chi connectivity index (χ2v) is 6.37.